The van der Waals surface area contributed by atoms with Crippen molar-refractivity contribution in [2.75, 3.05) is 5.32 Å². The van der Waals surface area contributed by atoms with E-state index in [4.69, 9.17) is 11.6 Å². The number of hydrogen-bond acceptors (Lipinski definition) is 5. The average Bonchev–Trinajstić information content (AvgIpc) is 3.04. The SMILES string of the molecule is C[C@H]1[C@H](O)CCC[C@@H]1Nc1nc(-c2c[nH]c3ncc(Cl)cc23)ncc1F. The number of hydrogen-bond donors (Lipinski definition) is 3. The molecule has 0 saturated heterocycles. The Balaban J connectivity index is 1.68. The zero-order chi connectivity index (χ0) is 18.3. The third-order valence-corrected chi connectivity index (χ3v) is 5.27. The predicted molar refractivity (Wildman–Crippen MR) is 98.5 cm³/mol. The Morgan fingerprint density at radius 1 is 1.31 bits per heavy atom. The fourth-order valence-corrected chi connectivity index (χ4v) is 3.64. The van der Waals surface area contributed by atoms with Gasteiger partial charge in [0.1, 0.15) is 5.65 Å². The van der Waals surface area contributed by atoms with E-state index in [9.17, 15) is 9.50 Å². The Morgan fingerprint density at radius 2 is 2.15 bits per heavy atom. The van der Waals surface area contributed by atoms with Crippen LogP contribution in [0.4, 0.5) is 10.2 Å². The molecule has 1 fully saturated rings. The molecule has 26 heavy (non-hydrogen) atoms. The Morgan fingerprint density at radius 3 is 3.00 bits per heavy atom. The summed E-state index contributed by atoms with van der Waals surface area (Å²) in [5.74, 6) is 0.0354. The highest BCUT2D eigenvalue weighted by molar-refractivity contribution is 6.31. The Hall–Kier alpha value is -2.25. The highest BCUT2D eigenvalue weighted by Gasteiger charge is 2.29. The van der Waals surface area contributed by atoms with Crippen molar-refractivity contribution in [1.82, 2.24) is 19.9 Å². The lowest BCUT2D eigenvalue weighted by Gasteiger charge is -2.33. The van der Waals surface area contributed by atoms with Crippen molar-refractivity contribution in [2.24, 2.45) is 5.92 Å². The molecule has 1 aliphatic carbocycles. The van der Waals surface area contributed by atoms with E-state index in [-0.39, 0.29) is 23.9 Å². The molecule has 3 aromatic heterocycles. The van der Waals surface area contributed by atoms with Crippen molar-refractivity contribution in [2.45, 2.75) is 38.3 Å². The minimum absolute atomic E-state index is 0.0256. The Bertz CT molecular complexity index is 946. The number of anilines is 1. The molecule has 6 nitrogen and oxygen atoms in total. The van der Waals surface area contributed by atoms with Crippen molar-refractivity contribution in [3.8, 4) is 11.4 Å². The van der Waals surface area contributed by atoms with Crippen LogP contribution >= 0.6 is 11.6 Å². The third-order valence-electron chi connectivity index (χ3n) is 5.06. The molecular formula is C18H19ClFN5O. The van der Waals surface area contributed by atoms with Gasteiger partial charge in [0.15, 0.2) is 17.5 Å². The molecule has 0 unspecified atom stereocenters. The Kier molecular flexibility index (Phi) is 4.50. The molecule has 1 aliphatic rings. The summed E-state index contributed by atoms with van der Waals surface area (Å²) >= 11 is 6.04. The molecule has 3 N–H and O–H groups in total. The maximum absolute atomic E-state index is 14.3. The van der Waals surface area contributed by atoms with Crippen LogP contribution in [0.25, 0.3) is 22.4 Å². The Labute approximate surface area is 154 Å². The van der Waals surface area contributed by atoms with Crippen LogP contribution in [0.2, 0.25) is 5.02 Å². The molecule has 0 aromatic carbocycles. The molecule has 136 valence electrons. The van der Waals surface area contributed by atoms with Crippen LogP contribution in [-0.4, -0.2) is 37.2 Å². The average molecular weight is 376 g/mol. The number of H-pyrrole nitrogens is 1. The number of nitrogens with one attached hydrogen (secondary N) is 2. The number of halogens is 2. The van der Waals surface area contributed by atoms with Crippen LogP contribution < -0.4 is 5.32 Å². The first kappa shape index (κ1) is 17.2. The van der Waals surface area contributed by atoms with Crippen LogP contribution in [0.1, 0.15) is 26.2 Å². The lowest BCUT2D eigenvalue weighted by atomic mass is 9.83. The first-order chi connectivity index (χ1) is 12.5. The zero-order valence-corrected chi connectivity index (χ0v) is 15.0. The number of rotatable bonds is 3. The fourth-order valence-electron chi connectivity index (χ4n) is 3.48. The van der Waals surface area contributed by atoms with Crippen LogP contribution in [0.5, 0.6) is 0 Å². The minimum Gasteiger partial charge on any atom is -0.393 e. The van der Waals surface area contributed by atoms with Crippen LogP contribution in [-0.2, 0) is 0 Å². The van der Waals surface area contributed by atoms with E-state index in [1.54, 1.807) is 18.5 Å². The zero-order valence-electron chi connectivity index (χ0n) is 14.2. The molecular weight excluding hydrogens is 357 g/mol. The first-order valence-electron chi connectivity index (χ1n) is 8.63. The molecule has 1 saturated carbocycles. The number of aliphatic hydroxyl groups excluding tert-OH is 1. The summed E-state index contributed by atoms with van der Waals surface area (Å²) in [6, 6.07) is 1.74. The van der Waals surface area contributed by atoms with E-state index in [1.807, 2.05) is 6.92 Å². The van der Waals surface area contributed by atoms with Crippen LogP contribution in [0.3, 0.4) is 0 Å². The highest BCUT2D eigenvalue weighted by atomic mass is 35.5. The predicted octanol–water partition coefficient (Wildman–Crippen LogP) is 3.77. The van der Waals surface area contributed by atoms with Gasteiger partial charge in [-0.05, 0) is 25.3 Å². The van der Waals surface area contributed by atoms with Crippen LogP contribution in [0.15, 0.2) is 24.7 Å². The first-order valence-corrected chi connectivity index (χ1v) is 9.01. The number of aromatic nitrogens is 4. The van der Waals surface area contributed by atoms with Crippen molar-refractivity contribution in [1.29, 1.82) is 0 Å². The smallest absolute Gasteiger partial charge is 0.183 e. The number of aliphatic hydroxyl groups is 1. The summed E-state index contributed by atoms with van der Waals surface area (Å²) < 4.78 is 14.3. The maximum atomic E-state index is 14.3. The highest BCUT2D eigenvalue weighted by Crippen LogP contribution is 2.30. The molecule has 0 aliphatic heterocycles. The van der Waals surface area contributed by atoms with E-state index >= 15 is 0 Å². The normalized spacial score (nSPS) is 23.3. The van der Waals surface area contributed by atoms with Gasteiger partial charge in [-0.15, -0.1) is 0 Å². The van der Waals surface area contributed by atoms with Gasteiger partial charge in [-0.3, -0.25) is 0 Å². The van der Waals surface area contributed by atoms with Crippen molar-refractivity contribution in [3.63, 3.8) is 0 Å². The van der Waals surface area contributed by atoms with E-state index in [1.165, 1.54) is 0 Å². The molecule has 3 aromatic rings. The fraction of sp³-hybridized carbons (Fsp3) is 0.389. The van der Waals surface area contributed by atoms with E-state index < -0.39 is 5.82 Å². The van der Waals surface area contributed by atoms with Gasteiger partial charge in [0.05, 0.1) is 17.3 Å². The molecule has 3 heterocycles. The van der Waals surface area contributed by atoms with Crippen LogP contribution in [0, 0.1) is 11.7 Å². The monoisotopic (exact) mass is 375 g/mol. The molecule has 0 amide bonds. The van der Waals surface area contributed by atoms with Gasteiger partial charge in [0.25, 0.3) is 0 Å². The number of nitrogens with zero attached hydrogens (tertiary/aromatic N) is 3. The summed E-state index contributed by atoms with van der Waals surface area (Å²) in [7, 11) is 0. The van der Waals surface area contributed by atoms with Gasteiger partial charge in [0.2, 0.25) is 0 Å². The van der Waals surface area contributed by atoms with E-state index in [2.05, 4.69) is 25.3 Å². The molecule has 8 heteroatoms. The molecule has 3 atom stereocenters. The second-order valence-electron chi connectivity index (χ2n) is 6.75. The summed E-state index contributed by atoms with van der Waals surface area (Å²) in [4.78, 5) is 15.8. The molecule has 0 spiro atoms. The second-order valence-corrected chi connectivity index (χ2v) is 7.19. The van der Waals surface area contributed by atoms with E-state index in [0.717, 1.165) is 30.8 Å². The largest absolute Gasteiger partial charge is 0.393 e. The molecule has 4 rings (SSSR count). The summed E-state index contributed by atoms with van der Waals surface area (Å²) in [5, 5.41) is 14.5. The van der Waals surface area contributed by atoms with Crippen molar-refractivity contribution < 1.29 is 9.50 Å². The molecule has 0 bridgehead atoms. The minimum atomic E-state index is -0.517. The summed E-state index contributed by atoms with van der Waals surface area (Å²) in [6.07, 6.45) is 6.60. The van der Waals surface area contributed by atoms with Gasteiger partial charge in [-0.2, -0.15) is 0 Å². The molecule has 0 radical (unpaired) electrons. The second kappa shape index (κ2) is 6.81. The van der Waals surface area contributed by atoms with Crippen molar-refractivity contribution in [3.05, 3.63) is 35.5 Å². The van der Waals surface area contributed by atoms with Gasteiger partial charge >= 0.3 is 0 Å². The lowest BCUT2D eigenvalue weighted by Crippen LogP contribution is -2.39. The topological polar surface area (TPSA) is 86.7 Å². The number of aromatic amines is 1. The van der Waals surface area contributed by atoms with Gasteiger partial charge in [-0.25, -0.2) is 19.3 Å². The number of pyridine rings is 1. The van der Waals surface area contributed by atoms with E-state index in [0.29, 0.717) is 22.1 Å². The lowest BCUT2D eigenvalue weighted by molar-refractivity contribution is 0.0715. The summed E-state index contributed by atoms with van der Waals surface area (Å²) in [5.41, 5.74) is 1.37. The number of fused-ring (bicyclic) bond motifs is 1. The quantitative estimate of drug-likeness (QED) is 0.648. The standard InChI is InChI=1S/C18H19ClFN5O/c1-9-14(3-2-4-15(9)26)24-18-13(20)8-23-17(25-18)12-7-22-16-11(12)5-10(19)6-21-16/h5-9,14-15,26H,2-4H2,1H3,(H,21,22)(H,23,24,25)/t9-,14+,15-/m1/s1. The van der Waals surface area contributed by atoms with Crippen molar-refractivity contribution >= 4 is 28.5 Å². The maximum Gasteiger partial charge on any atom is 0.183 e. The van der Waals surface area contributed by atoms with Gasteiger partial charge < -0.3 is 15.4 Å². The van der Waals surface area contributed by atoms with Gasteiger partial charge in [-0.1, -0.05) is 18.5 Å². The third kappa shape index (κ3) is 3.12. The summed E-state index contributed by atoms with van der Waals surface area (Å²) in [6.45, 7) is 1.97. The van der Waals surface area contributed by atoms with Gasteiger partial charge in [0, 0.05) is 35.3 Å².